The molecule has 0 saturated heterocycles. The minimum Gasteiger partial charge on any atom is -0.478 e. The summed E-state index contributed by atoms with van der Waals surface area (Å²) in [5.74, 6) is -0.980. The first-order valence-electron chi connectivity index (χ1n) is 3.00. The third-order valence-corrected chi connectivity index (χ3v) is 3.73. The molecule has 0 aliphatic heterocycles. The number of nitrogen functional groups attached to an aromatic ring is 1. The number of carboxylic acid groups (broad SMARTS) is 1. The van der Waals surface area contributed by atoms with Gasteiger partial charge in [0, 0.05) is 13.7 Å². The van der Waals surface area contributed by atoms with E-state index in [0.29, 0.717) is 10.2 Å². The molecule has 0 saturated carbocycles. The zero-order valence-electron chi connectivity index (χ0n) is 5.84. The van der Waals surface area contributed by atoms with E-state index in [4.69, 9.17) is 10.8 Å². The molecule has 5 heteroatoms. The molecular weight excluding hydrogens is 337 g/mol. The number of carbonyl (C=O) groups is 1. The second-order valence-electron chi connectivity index (χ2n) is 2.17. The quantitative estimate of drug-likeness (QED) is 0.608. The van der Waals surface area contributed by atoms with Gasteiger partial charge in [0.1, 0.15) is 0 Å². The van der Waals surface area contributed by atoms with Crippen LogP contribution >= 0.6 is 38.5 Å². The topological polar surface area (TPSA) is 63.3 Å². The zero-order chi connectivity index (χ0) is 9.30. The molecule has 3 nitrogen and oxygen atoms in total. The largest absolute Gasteiger partial charge is 0.478 e. The third kappa shape index (κ3) is 1.89. The van der Waals surface area contributed by atoms with Crippen molar-refractivity contribution in [3.05, 3.63) is 25.7 Å². The van der Waals surface area contributed by atoms with Gasteiger partial charge in [-0.05, 0) is 50.7 Å². The van der Waals surface area contributed by atoms with Crippen LogP contribution in [-0.4, -0.2) is 11.1 Å². The summed E-state index contributed by atoms with van der Waals surface area (Å²) in [5.41, 5.74) is 6.13. The van der Waals surface area contributed by atoms with Crippen molar-refractivity contribution in [3.63, 3.8) is 0 Å². The van der Waals surface area contributed by atoms with Gasteiger partial charge in [-0.15, -0.1) is 0 Å². The second kappa shape index (κ2) is 3.61. The van der Waals surface area contributed by atoms with Crippen LogP contribution in [0.5, 0.6) is 0 Å². The Bertz CT molecular complexity index is 340. The minimum absolute atomic E-state index is 0.194. The number of carboxylic acids is 1. The number of aromatic carboxylic acids is 1. The van der Waals surface area contributed by atoms with Crippen molar-refractivity contribution >= 4 is 50.2 Å². The molecule has 1 rings (SSSR count). The van der Waals surface area contributed by atoms with Crippen LogP contribution in [-0.2, 0) is 0 Å². The van der Waals surface area contributed by atoms with E-state index in [-0.39, 0.29) is 5.56 Å². The molecule has 0 bridgehead atoms. The van der Waals surface area contributed by atoms with Crippen LogP contribution in [0.15, 0.2) is 16.6 Å². The molecule has 0 atom stereocenters. The van der Waals surface area contributed by atoms with Crippen LogP contribution in [0, 0.1) is 3.57 Å². The normalized spacial score (nSPS) is 9.83. The molecule has 0 aliphatic rings. The standard InChI is InChI=1S/C7H5BrINO2/c8-6-4(7(11)12)1-3(10)2-5(6)9/h1-2H,10H2,(H,11,12). The van der Waals surface area contributed by atoms with E-state index >= 15 is 0 Å². The average molecular weight is 342 g/mol. The summed E-state index contributed by atoms with van der Waals surface area (Å²) in [6.07, 6.45) is 0. The van der Waals surface area contributed by atoms with Gasteiger partial charge in [-0.25, -0.2) is 4.79 Å². The number of anilines is 1. The first kappa shape index (κ1) is 9.79. The van der Waals surface area contributed by atoms with Crippen molar-refractivity contribution in [1.29, 1.82) is 0 Å². The van der Waals surface area contributed by atoms with Crippen molar-refractivity contribution in [2.24, 2.45) is 0 Å². The second-order valence-corrected chi connectivity index (χ2v) is 4.12. The van der Waals surface area contributed by atoms with E-state index in [1.165, 1.54) is 6.07 Å². The van der Waals surface area contributed by atoms with Gasteiger partial charge in [-0.3, -0.25) is 0 Å². The fourth-order valence-electron chi connectivity index (χ4n) is 0.766. The summed E-state index contributed by atoms with van der Waals surface area (Å²) in [6.45, 7) is 0. The Labute approximate surface area is 91.2 Å². The Morgan fingerprint density at radius 3 is 2.67 bits per heavy atom. The molecule has 0 aliphatic carbocycles. The van der Waals surface area contributed by atoms with E-state index in [1.54, 1.807) is 6.07 Å². The van der Waals surface area contributed by atoms with Crippen LogP contribution in [0.4, 0.5) is 5.69 Å². The molecule has 0 spiro atoms. The minimum atomic E-state index is -0.980. The highest BCUT2D eigenvalue weighted by Gasteiger charge is 2.11. The number of benzene rings is 1. The number of nitrogens with two attached hydrogens (primary N) is 1. The van der Waals surface area contributed by atoms with Crippen LogP contribution < -0.4 is 5.73 Å². The molecule has 64 valence electrons. The Hall–Kier alpha value is -0.300. The SMILES string of the molecule is Nc1cc(I)c(Br)c(C(=O)O)c1. The Morgan fingerprint density at radius 2 is 2.17 bits per heavy atom. The molecule has 3 N–H and O–H groups in total. The Kier molecular flexibility index (Phi) is 2.94. The number of hydrogen-bond donors (Lipinski definition) is 2. The zero-order valence-corrected chi connectivity index (χ0v) is 9.59. The molecule has 0 heterocycles. The summed E-state index contributed by atoms with van der Waals surface area (Å²) >= 11 is 5.19. The lowest BCUT2D eigenvalue weighted by Crippen LogP contribution is -2.00. The lowest BCUT2D eigenvalue weighted by atomic mass is 10.2. The van der Waals surface area contributed by atoms with E-state index in [1.807, 2.05) is 22.6 Å². The first-order valence-corrected chi connectivity index (χ1v) is 4.87. The Balaban J connectivity index is 3.37. The summed E-state index contributed by atoms with van der Waals surface area (Å²) < 4.78 is 1.37. The van der Waals surface area contributed by atoms with Crippen LogP contribution in [0.25, 0.3) is 0 Å². The maximum atomic E-state index is 10.6. The molecule has 0 fully saturated rings. The van der Waals surface area contributed by atoms with Gasteiger partial charge >= 0.3 is 5.97 Å². The highest BCUT2D eigenvalue weighted by molar-refractivity contribution is 14.1. The highest BCUT2D eigenvalue weighted by atomic mass is 127. The van der Waals surface area contributed by atoms with E-state index < -0.39 is 5.97 Å². The van der Waals surface area contributed by atoms with Crippen LogP contribution in [0.1, 0.15) is 10.4 Å². The van der Waals surface area contributed by atoms with Crippen molar-refractivity contribution in [2.75, 3.05) is 5.73 Å². The first-order chi connectivity index (χ1) is 5.52. The van der Waals surface area contributed by atoms with Gasteiger partial charge in [0.15, 0.2) is 0 Å². The number of rotatable bonds is 1. The van der Waals surface area contributed by atoms with Crippen molar-refractivity contribution < 1.29 is 9.90 Å². The van der Waals surface area contributed by atoms with E-state index in [9.17, 15) is 4.79 Å². The predicted octanol–water partition coefficient (Wildman–Crippen LogP) is 2.33. The van der Waals surface area contributed by atoms with Gasteiger partial charge in [0.2, 0.25) is 0 Å². The van der Waals surface area contributed by atoms with Gasteiger partial charge < -0.3 is 10.8 Å². The lowest BCUT2D eigenvalue weighted by molar-refractivity contribution is 0.0696. The summed E-state index contributed by atoms with van der Waals surface area (Å²) in [7, 11) is 0. The lowest BCUT2D eigenvalue weighted by Gasteiger charge is -2.02. The van der Waals surface area contributed by atoms with Crippen LogP contribution in [0.3, 0.4) is 0 Å². The molecule has 0 unspecified atom stereocenters. The maximum absolute atomic E-state index is 10.6. The predicted molar refractivity (Wildman–Crippen MR) is 58.2 cm³/mol. The number of halogens is 2. The number of hydrogen-bond acceptors (Lipinski definition) is 2. The molecule has 0 amide bonds. The molecule has 12 heavy (non-hydrogen) atoms. The summed E-state index contributed by atoms with van der Waals surface area (Å²) in [4.78, 5) is 10.6. The van der Waals surface area contributed by atoms with Gasteiger partial charge in [0.05, 0.1) is 5.56 Å². The maximum Gasteiger partial charge on any atom is 0.336 e. The van der Waals surface area contributed by atoms with Crippen molar-refractivity contribution in [2.45, 2.75) is 0 Å². The highest BCUT2D eigenvalue weighted by Crippen LogP contribution is 2.26. The van der Waals surface area contributed by atoms with E-state index in [0.717, 1.165) is 3.57 Å². The van der Waals surface area contributed by atoms with Gasteiger partial charge in [-0.1, -0.05) is 0 Å². The molecular formula is C7H5BrINO2. The smallest absolute Gasteiger partial charge is 0.336 e. The monoisotopic (exact) mass is 341 g/mol. The molecule has 1 aromatic carbocycles. The summed E-state index contributed by atoms with van der Waals surface area (Å²) in [5, 5.41) is 8.73. The summed E-state index contributed by atoms with van der Waals surface area (Å²) in [6, 6.07) is 3.13. The van der Waals surface area contributed by atoms with Crippen molar-refractivity contribution in [1.82, 2.24) is 0 Å². The average Bonchev–Trinajstić information content (AvgIpc) is 1.96. The van der Waals surface area contributed by atoms with Gasteiger partial charge in [-0.2, -0.15) is 0 Å². The fourth-order valence-corrected chi connectivity index (χ4v) is 1.81. The van der Waals surface area contributed by atoms with Crippen LogP contribution in [0.2, 0.25) is 0 Å². The Morgan fingerprint density at radius 1 is 1.58 bits per heavy atom. The third-order valence-electron chi connectivity index (χ3n) is 1.28. The van der Waals surface area contributed by atoms with Gasteiger partial charge in [0.25, 0.3) is 0 Å². The fraction of sp³-hybridized carbons (Fsp3) is 0. The van der Waals surface area contributed by atoms with Crippen molar-refractivity contribution in [3.8, 4) is 0 Å². The molecule has 0 aromatic heterocycles. The van der Waals surface area contributed by atoms with E-state index in [2.05, 4.69) is 15.9 Å². The molecule has 0 radical (unpaired) electrons. The molecule has 1 aromatic rings.